The molecule has 3 atom stereocenters. The van der Waals surface area contributed by atoms with Crippen LogP contribution in [0.1, 0.15) is 42.5 Å². The van der Waals surface area contributed by atoms with Crippen molar-refractivity contribution in [3.8, 4) is 5.75 Å². The van der Waals surface area contributed by atoms with Crippen LogP contribution < -0.4 is 21.3 Å². The molecule has 0 aliphatic carbocycles. The molecule has 2 aromatic rings. The second kappa shape index (κ2) is 8.67. The summed E-state index contributed by atoms with van der Waals surface area (Å²) in [5.41, 5.74) is -0.837. The predicted molar refractivity (Wildman–Crippen MR) is 112 cm³/mol. The number of alkyl halides is 1. The van der Waals surface area contributed by atoms with Crippen LogP contribution in [0, 0.1) is 5.82 Å². The number of benzene rings is 1. The average molecular weight is 449 g/mol. The summed E-state index contributed by atoms with van der Waals surface area (Å²) in [7, 11) is 0. The van der Waals surface area contributed by atoms with Gasteiger partial charge in [-0.2, -0.15) is 0 Å². The number of halogens is 2. The van der Waals surface area contributed by atoms with Crippen LogP contribution in [0.4, 0.5) is 14.6 Å². The topological polar surface area (TPSA) is 94.6 Å². The zero-order chi connectivity index (χ0) is 22.2. The monoisotopic (exact) mass is 449 g/mol. The Balaban J connectivity index is 1.45. The molecule has 3 aliphatic rings. The number of fused-ring (bicyclic) bond motifs is 1. The van der Waals surface area contributed by atoms with E-state index in [2.05, 4.69) is 10.3 Å². The smallest absolute Gasteiger partial charge is 0.330 e. The molecule has 32 heavy (non-hydrogen) atoms. The lowest BCUT2D eigenvalue weighted by molar-refractivity contribution is 0.0673. The van der Waals surface area contributed by atoms with Crippen molar-refractivity contribution in [3.05, 3.63) is 56.0 Å². The van der Waals surface area contributed by atoms with Gasteiger partial charge < -0.3 is 19.5 Å². The van der Waals surface area contributed by atoms with Crippen LogP contribution in [0.5, 0.6) is 5.75 Å². The molecule has 2 fully saturated rings. The van der Waals surface area contributed by atoms with Crippen molar-refractivity contribution in [1.29, 1.82) is 0 Å². The molecule has 10 heteroatoms. The SMILES string of the molecule is O=c1[nH]c2c(c(=O)n1C1CCOCC1)C[C@H](F)[C@H](c1cc(O[C@H]3CCOC3)ccc1F)N2. The van der Waals surface area contributed by atoms with Crippen LogP contribution in [0.15, 0.2) is 27.8 Å². The van der Waals surface area contributed by atoms with Gasteiger partial charge >= 0.3 is 5.69 Å². The van der Waals surface area contributed by atoms with Crippen molar-refractivity contribution in [1.82, 2.24) is 9.55 Å². The fourth-order valence-corrected chi connectivity index (χ4v) is 4.64. The Hall–Kier alpha value is -2.72. The van der Waals surface area contributed by atoms with Gasteiger partial charge in [-0.3, -0.25) is 14.3 Å². The number of aromatic amines is 1. The minimum absolute atomic E-state index is 0.0778. The summed E-state index contributed by atoms with van der Waals surface area (Å²) >= 11 is 0. The average Bonchev–Trinajstić information content (AvgIpc) is 3.29. The van der Waals surface area contributed by atoms with Gasteiger partial charge in [0.25, 0.3) is 5.56 Å². The number of aromatic nitrogens is 2. The van der Waals surface area contributed by atoms with E-state index in [1.807, 2.05) is 0 Å². The van der Waals surface area contributed by atoms with Gasteiger partial charge in [-0.15, -0.1) is 0 Å². The van der Waals surface area contributed by atoms with E-state index in [4.69, 9.17) is 14.2 Å². The maximum Gasteiger partial charge on any atom is 0.330 e. The number of anilines is 1. The summed E-state index contributed by atoms with van der Waals surface area (Å²) in [6.45, 7) is 1.98. The highest BCUT2D eigenvalue weighted by Crippen LogP contribution is 2.35. The van der Waals surface area contributed by atoms with E-state index < -0.39 is 29.3 Å². The van der Waals surface area contributed by atoms with Gasteiger partial charge in [0, 0.05) is 37.7 Å². The molecule has 0 radical (unpaired) electrons. The van der Waals surface area contributed by atoms with Gasteiger partial charge in [0.2, 0.25) is 0 Å². The van der Waals surface area contributed by atoms with E-state index in [1.165, 1.54) is 18.2 Å². The Morgan fingerprint density at radius 1 is 1.09 bits per heavy atom. The molecule has 2 saturated heterocycles. The van der Waals surface area contributed by atoms with E-state index in [-0.39, 0.29) is 35.5 Å². The lowest BCUT2D eigenvalue weighted by atomic mass is 9.93. The first-order valence-corrected chi connectivity index (χ1v) is 10.9. The van der Waals surface area contributed by atoms with Crippen LogP contribution in [0.3, 0.4) is 0 Å². The Kier molecular flexibility index (Phi) is 5.73. The Morgan fingerprint density at radius 3 is 2.62 bits per heavy atom. The van der Waals surface area contributed by atoms with Gasteiger partial charge in [0.15, 0.2) is 0 Å². The molecule has 0 amide bonds. The van der Waals surface area contributed by atoms with Crippen molar-refractivity contribution in [2.75, 3.05) is 31.7 Å². The van der Waals surface area contributed by atoms with Gasteiger partial charge in [-0.05, 0) is 31.0 Å². The van der Waals surface area contributed by atoms with E-state index in [0.717, 1.165) is 11.0 Å². The van der Waals surface area contributed by atoms with Crippen molar-refractivity contribution < 1.29 is 23.0 Å². The third-order valence-corrected chi connectivity index (χ3v) is 6.34. The van der Waals surface area contributed by atoms with Gasteiger partial charge in [0.1, 0.15) is 29.7 Å². The number of rotatable bonds is 4. The largest absolute Gasteiger partial charge is 0.488 e. The molecule has 1 aromatic carbocycles. The first-order valence-electron chi connectivity index (χ1n) is 10.9. The predicted octanol–water partition coefficient (Wildman–Crippen LogP) is 2.24. The van der Waals surface area contributed by atoms with Crippen LogP contribution in [0.25, 0.3) is 0 Å². The molecule has 4 heterocycles. The molecule has 0 saturated carbocycles. The van der Waals surface area contributed by atoms with E-state index in [1.54, 1.807) is 0 Å². The van der Waals surface area contributed by atoms with Crippen molar-refractivity contribution in [2.45, 2.75) is 50.0 Å². The van der Waals surface area contributed by atoms with Crippen LogP contribution in [-0.4, -0.2) is 48.3 Å². The Bertz CT molecular complexity index is 1110. The molecule has 0 spiro atoms. The highest BCUT2D eigenvalue weighted by Gasteiger charge is 2.35. The second-order valence-electron chi connectivity index (χ2n) is 8.43. The first-order chi connectivity index (χ1) is 15.5. The van der Waals surface area contributed by atoms with Crippen LogP contribution in [-0.2, 0) is 15.9 Å². The van der Waals surface area contributed by atoms with Crippen molar-refractivity contribution >= 4 is 5.82 Å². The summed E-state index contributed by atoms with van der Waals surface area (Å²) < 4.78 is 47.5. The molecule has 3 aliphatic heterocycles. The molecular formula is C22H25F2N3O5. The third kappa shape index (κ3) is 3.93. The third-order valence-electron chi connectivity index (χ3n) is 6.34. The lowest BCUT2D eigenvalue weighted by Gasteiger charge is -2.31. The van der Waals surface area contributed by atoms with Gasteiger partial charge in [0.05, 0.1) is 24.8 Å². The standard InChI is InChI=1S/C22H25F2N3O5/c23-17-2-1-13(32-14-5-8-31-11-14)9-15(17)19-18(24)10-16-20(25-19)26-22(29)27(21(16)28)12-3-6-30-7-4-12/h1-2,9,12,14,18-19,25H,3-8,10-11H2,(H,26,29)/t14-,18-,19-/m0/s1. The highest BCUT2D eigenvalue weighted by atomic mass is 19.1. The minimum atomic E-state index is -1.57. The highest BCUT2D eigenvalue weighted by molar-refractivity contribution is 5.50. The summed E-state index contributed by atoms with van der Waals surface area (Å²) in [6.07, 6.45) is -0.110. The number of nitrogens with zero attached hydrogens (tertiary/aromatic N) is 1. The number of hydrogen-bond donors (Lipinski definition) is 2. The number of H-pyrrole nitrogens is 1. The molecule has 2 N–H and O–H groups in total. The zero-order valence-electron chi connectivity index (χ0n) is 17.4. The fraction of sp³-hybridized carbons (Fsp3) is 0.545. The molecule has 172 valence electrons. The van der Waals surface area contributed by atoms with E-state index in [0.29, 0.717) is 45.0 Å². The fourth-order valence-electron chi connectivity index (χ4n) is 4.64. The van der Waals surface area contributed by atoms with Crippen molar-refractivity contribution in [2.24, 2.45) is 0 Å². The molecule has 8 nitrogen and oxygen atoms in total. The summed E-state index contributed by atoms with van der Waals surface area (Å²) in [5.74, 6) is -0.0428. The summed E-state index contributed by atoms with van der Waals surface area (Å²) in [6, 6.07) is 2.84. The van der Waals surface area contributed by atoms with Gasteiger partial charge in [-0.1, -0.05) is 0 Å². The minimum Gasteiger partial charge on any atom is -0.488 e. The number of hydrogen-bond acceptors (Lipinski definition) is 6. The molecular weight excluding hydrogens is 424 g/mol. The Labute approximate surface area is 182 Å². The molecule has 0 unspecified atom stereocenters. The molecule has 0 bridgehead atoms. The van der Waals surface area contributed by atoms with Crippen LogP contribution in [0.2, 0.25) is 0 Å². The summed E-state index contributed by atoms with van der Waals surface area (Å²) in [5, 5.41) is 2.85. The molecule has 5 rings (SSSR count). The summed E-state index contributed by atoms with van der Waals surface area (Å²) in [4.78, 5) is 28.4. The van der Waals surface area contributed by atoms with Gasteiger partial charge in [-0.25, -0.2) is 13.6 Å². The molecule has 1 aromatic heterocycles. The Morgan fingerprint density at radius 2 is 1.88 bits per heavy atom. The van der Waals surface area contributed by atoms with E-state index in [9.17, 15) is 14.0 Å². The first kappa shape index (κ1) is 21.1. The zero-order valence-corrected chi connectivity index (χ0v) is 17.4. The van der Waals surface area contributed by atoms with Crippen molar-refractivity contribution in [3.63, 3.8) is 0 Å². The second-order valence-corrected chi connectivity index (χ2v) is 8.43. The number of ether oxygens (including phenoxy) is 3. The lowest BCUT2D eigenvalue weighted by Crippen LogP contribution is -2.45. The normalized spacial score (nSPS) is 25.9. The number of nitrogens with one attached hydrogen (secondary N) is 2. The van der Waals surface area contributed by atoms with Crippen LogP contribution >= 0.6 is 0 Å². The maximum absolute atomic E-state index is 15.2. The maximum atomic E-state index is 15.2. The quantitative estimate of drug-likeness (QED) is 0.744. The van der Waals surface area contributed by atoms with E-state index >= 15 is 4.39 Å².